The van der Waals surface area contributed by atoms with Crippen molar-refractivity contribution in [2.24, 2.45) is 5.92 Å². The summed E-state index contributed by atoms with van der Waals surface area (Å²) in [6.45, 7) is 8.79. The smallest absolute Gasteiger partial charge is 0.230 e. The summed E-state index contributed by atoms with van der Waals surface area (Å²) in [6.07, 6.45) is 2.29. The number of hydrogen-bond acceptors (Lipinski definition) is 3. The van der Waals surface area contributed by atoms with Crippen molar-refractivity contribution >= 4 is 5.91 Å². The number of carbonyl (C=O) groups excluding carboxylic acids is 1. The lowest BCUT2D eigenvalue weighted by atomic mass is 9.97. The van der Waals surface area contributed by atoms with Gasteiger partial charge < -0.3 is 15.2 Å². The highest BCUT2D eigenvalue weighted by molar-refractivity contribution is 5.84. The molecule has 2 aromatic carbocycles. The first-order valence-corrected chi connectivity index (χ1v) is 10.2. The molecular weight excluding hydrogens is 350 g/mol. The molecule has 0 aliphatic heterocycles. The van der Waals surface area contributed by atoms with Crippen molar-refractivity contribution in [2.45, 2.75) is 52.5 Å². The molecule has 152 valence electrons. The molecule has 2 rings (SSSR count). The summed E-state index contributed by atoms with van der Waals surface area (Å²) in [6, 6.07) is 15.3. The van der Waals surface area contributed by atoms with E-state index < -0.39 is 5.92 Å². The van der Waals surface area contributed by atoms with Crippen LogP contribution in [0.1, 0.15) is 62.3 Å². The Labute approximate surface area is 168 Å². The molecule has 0 aromatic heterocycles. The van der Waals surface area contributed by atoms with E-state index in [1.165, 1.54) is 0 Å². The van der Waals surface area contributed by atoms with Crippen molar-refractivity contribution < 1.29 is 14.6 Å². The molecule has 0 aliphatic rings. The van der Waals surface area contributed by atoms with E-state index in [4.69, 9.17) is 4.74 Å². The van der Waals surface area contributed by atoms with Crippen LogP contribution in [0.3, 0.4) is 0 Å². The fourth-order valence-corrected chi connectivity index (χ4v) is 3.42. The maximum atomic E-state index is 12.7. The van der Waals surface area contributed by atoms with Gasteiger partial charge in [-0.05, 0) is 55.0 Å². The van der Waals surface area contributed by atoms with E-state index in [2.05, 4.69) is 19.2 Å². The van der Waals surface area contributed by atoms with E-state index in [0.717, 1.165) is 35.3 Å². The molecule has 0 heterocycles. The predicted molar refractivity (Wildman–Crippen MR) is 114 cm³/mol. The van der Waals surface area contributed by atoms with Crippen molar-refractivity contribution in [1.29, 1.82) is 0 Å². The molecule has 28 heavy (non-hydrogen) atoms. The van der Waals surface area contributed by atoms with Crippen LogP contribution in [-0.4, -0.2) is 24.2 Å². The first kappa shape index (κ1) is 22.0. The maximum absolute atomic E-state index is 12.7. The molecule has 2 N–H and O–H groups in total. The van der Waals surface area contributed by atoms with Crippen LogP contribution in [0, 0.1) is 12.8 Å². The topological polar surface area (TPSA) is 58.6 Å². The molecule has 4 nitrogen and oxygen atoms in total. The molecule has 0 spiro atoms. The van der Waals surface area contributed by atoms with Crippen LogP contribution in [-0.2, 0) is 4.79 Å². The fourth-order valence-electron chi connectivity index (χ4n) is 3.42. The molecule has 2 aromatic rings. The third-order valence-electron chi connectivity index (χ3n) is 5.11. The Balaban J connectivity index is 1.99. The minimum Gasteiger partial charge on any atom is -0.493 e. The average Bonchev–Trinajstić information content (AvgIpc) is 2.68. The minimum absolute atomic E-state index is 0.120. The van der Waals surface area contributed by atoms with Crippen LogP contribution >= 0.6 is 0 Å². The highest BCUT2D eigenvalue weighted by Crippen LogP contribution is 2.23. The Morgan fingerprint density at radius 2 is 1.79 bits per heavy atom. The van der Waals surface area contributed by atoms with Gasteiger partial charge >= 0.3 is 0 Å². The van der Waals surface area contributed by atoms with E-state index in [9.17, 15) is 9.90 Å². The molecule has 1 amide bonds. The third kappa shape index (κ3) is 6.10. The van der Waals surface area contributed by atoms with Crippen LogP contribution in [0.15, 0.2) is 48.5 Å². The lowest BCUT2D eigenvalue weighted by Gasteiger charge is -2.21. The number of benzene rings is 2. The minimum atomic E-state index is -0.598. The van der Waals surface area contributed by atoms with Gasteiger partial charge in [0.2, 0.25) is 5.91 Å². The van der Waals surface area contributed by atoms with Crippen molar-refractivity contribution in [1.82, 2.24) is 5.32 Å². The summed E-state index contributed by atoms with van der Waals surface area (Å²) >= 11 is 0. The number of amides is 1. The number of hydrogen-bond donors (Lipinski definition) is 2. The molecule has 4 heteroatoms. The van der Waals surface area contributed by atoms with E-state index in [0.29, 0.717) is 12.5 Å². The van der Waals surface area contributed by atoms with Crippen molar-refractivity contribution in [3.8, 4) is 5.75 Å². The van der Waals surface area contributed by atoms with Crippen LogP contribution in [0.5, 0.6) is 5.75 Å². The average molecular weight is 384 g/mol. The van der Waals surface area contributed by atoms with Gasteiger partial charge in [-0.25, -0.2) is 0 Å². The van der Waals surface area contributed by atoms with Crippen molar-refractivity contribution in [2.75, 3.05) is 13.2 Å². The van der Waals surface area contributed by atoms with E-state index in [1.807, 2.05) is 62.4 Å². The molecular formula is C24H33NO3. The fraction of sp³-hybridized carbons (Fsp3) is 0.458. The van der Waals surface area contributed by atoms with E-state index in [1.54, 1.807) is 0 Å². The first-order valence-electron chi connectivity index (χ1n) is 10.2. The number of carbonyl (C=O) groups is 1. The summed E-state index contributed by atoms with van der Waals surface area (Å²) in [5.41, 5.74) is 3.00. The summed E-state index contributed by atoms with van der Waals surface area (Å²) in [7, 11) is 0. The summed E-state index contributed by atoms with van der Waals surface area (Å²) in [5.74, 6) is 0.531. The molecule has 0 radical (unpaired) electrons. The molecule has 0 fully saturated rings. The lowest BCUT2D eigenvalue weighted by molar-refractivity contribution is -0.124. The first-order chi connectivity index (χ1) is 13.5. The highest BCUT2D eigenvalue weighted by atomic mass is 16.5. The van der Waals surface area contributed by atoms with Gasteiger partial charge in [0.05, 0.1) is 25.2 Å². The van der Waals surface area contributed by atoms with Gasteiger partial charge in [-0.1, -0.05) is 56.7 Å². The lowest BCUT2D eigenvalue weighted by Crippen LogP contribution is -2.33. The van der Waals surface area contributed by atoms with Gasteiger partial charge in [-0.2, -0.15) is 0 Å². The van der Waals surface area contributed by atoms with Gasteiger partial charge in [0, 0.05) is 0 Å². The zero-order valence-electron chi connectivity index (χ0n) is 17.4. The number of aliphatic hydroxyl groups is 1. The molecule has 0 saturated heterocycles. The van der Waals surface area contributed by atoms with Crippen LogP contribution in [0.4, 0.5) is 0 Å². The summed E-state index contributed by atoms with van der Waals surface area (Å²) < 4.78 is 5.82. The molecule has 3 atom stereocenters. The predicted octanol–water partition coefficient (Wildman–Crippen LogP) is 4.76. The molecule has 0 saturated carbocycles. The Morgan fingerprint density at radius 1 is 1.11 bits per heavy atom. The Morgan fingerprint density at radius 3 is 2.39 bits per heavy atom. The van der Waals surface area contributed by atoms with E-state index >= 15 is 0 Å². The van der Waals surface area contributed by atoms with Crippen LogP contribution in [0.25, 0.3) is 0 Å². The van der Waals surface area contributed by atoms with Crippen molar-refractivity contribution in [3.63, 3.8) is 0 Å². The Kier molecular flexibility index (Phi) is 8.52. The van der Waals surface area contributed by atoms with Gasteiger partial charge in [-0.3, -0.25) is 4.79 Å². The second kappa shape index (κ2) is 10.9. The number of ether oxygens (including phenoxy) is 1. The number of aryl methyl sites for hydroxylation is 1. The summed E-state index contributed by atoms with van der Waals surface area (Å²) in [5, 5.41) is 12.8. The normalized spacial score (nSPS) is 14.2. The second-order valence-electron chi connectivity index (χ2n) is 7.60. The largest absolute Gasteiger partial charge is 0.493 e. The van der Waals surface area contributed by atoms with Gasteiger partial charge in [0.1, 0.15) is 5.75 Å². The third-order valence-corrected chi connectivity index (χ3v) is 5.11. The molecule has 0 aliphatic carbocycles. The standard InChI is InChI=1S/C24H33NO3/c1-5-8-17(2)16-28-21-13-11-20(12-14-21)23(15-26)24(27)25-19(4)22-10-7-6-9-18(22)3/h6-7,9-14,17,19,23,26H,5,8,15-16H2,1-4H3,(H,25,27)/t17?,19-,23-/m1/s1. The van der Waals surface area contributed by atoms with Crippen LogP contribution < -0.4 is 10.1 Å². The Hall–Kier alpha value is -2.33. The monoisotopic (exact) mass is 383 g/mol. The van der Waals surface area contributed by atoms with Gasteiger partial charge in [-0.15, -0.1) is 0 Å². The van der Waals surface area contributed by atoms with Crippen LogP contribution in [0.2, 0.25) is 0 Å². The Bertz CT molecular complexity index is 742. The van der Waals surface area contributed by atoms with Gasteiger partial charge in [0.25, 0.3) is 0 Å². The number of aliphatic hydroxyl groups excluding tert-OH is 1. The second-order valence-corrected chi connectivity index (χ2v) is 7.60. The zero-order chi connectivity index (χ0) is 20.5. The molecule has 0 bridgehead atoms. The maximum Gasteiger partial charge on any atom is 0.230 e. The number of nitrogens with one attached hydrogen (secondary N) is 1. The number of rotatable bonds is 10. The zero-order valence-corrected chi connectivity index (χ0v) is 17.4. The SMILES string of the molecule is CCCC(C)COc1ccc([C@@H](CO)C(=O)N[C@H](C)c2ccccc2C)cc1. The van der Waals surface area contributed by atoms with Crippen molar-refractivity contribution in [3.05, 3.63) is 65.2 Å². The van der Waals surface area contributed by atoms with E-state index in [-0.39, 0.29) is 18.6 Å². The highest BCUT2D eigenvalue weighted by Gasteiger charge is 2.22. The molecule has 1 unspecified atom stereocenters. The summed E-state index contributed by atoms with van der Waals surface area (Å²) in [4.78, 5) is 12.7. The quantitative estimate of drug-likeness (QED) is 0.622. The van der Waals surface area contributed by atoms with Gasteiger partial charge in [0.15, 0.2) is 0 Å².